The van der Waals surface area contributed by atoms with Crippen molar-refractivity contribution in [2.24, 2.45) is 0 Å². The third kappa shape index (κ3) is 4.05. The van der Waals surface area contributed by atoms with Crippen LogP contribution in [-0.2, 0) is 0 Å². The summed E-state index contributed by atoms with van der Waals surface area (Å²) in [5.74, 6) is -0.533. The molecule has 1 aliphatic heterocycles. The van der Waals surface area contributed by atoms with Crippen LogP contribution in [0.1, 0.15) is 50.8 Å². The van der Waals surface area contributed by atoms with Crippen LogP contribution in [0.2, 0.25) is 0 Å². The Kier molecular flexibility index (Phi) is 5.80. The number of hydrogen-bond donors (Lipinski definition) is 1. The number of anilines is 2. The number of carbonyl (C=O) groups is 3. The summed E-state index contributed by atoms with van der Waals surface area (Å²) in [6.45, 7) is 2.72. The molecule has 0 bridgehead atoms. The first kappa shape index (κ1) is 20.3. The Bertz CT molecular complexity index is 1120. The molecular formula is C25H22N2O4. The van der Waals surface area contributed by atoms with Crippen LogP contribution in [0.5, 0.6) is 5.75 Å². The molecule has 1 heterocycles. The van der Waals surface area contributed by atoms with Crippen LogP contribution in [0.25, 0.3) is 0 Å². The maximum atomic E-state index is 13.1. The molecule has 3 amide bonds. The SMILES string of the molecule is CCCCOc1ccc(C(=O)Nc2cccc3c2C(=O)N(c2ccccc2)C3=O)cc1. The van der Waals surface area contributed by atoms with Gasteiger partial charge in [-0.2, -0.15) is 0 Å². The Balaban J connectivity index is 1.55. The van der Waals surface area contributed by atoms with Gasteiger partial charge in [0.15, 0.2) is 0 Å². The second-order valence-electron chi connectivity index (χ2n) is 7.19. The third-order valence-corrected chi connectivity index (χ3v) is 5.06. The largest absolute Gasteiger partial charge is 0.494 e. The van der Waals surface area contributed by atoms with E-state index in [4.69, 9.17) is 4.74 Å². The molecule has 4 rings (SSSR count). The zero-order valence-electron chi connectivity index (χ0n) is 17.1. The van der Waals surface area contributed by atoms with Crippen molar-refractivity contribution < 1.29 is 19.1 Å². The van der Waals surface area contributed by atoms with Crippen LogP contribution in [-0.4, -0.2) is 24.3 Å². The first-order chi connectivity index (χ1) is 15.1. The van der Waals surface area contributed by atoms with Crippen LogP contribution in [0.4, 0.5) is 11.4 Å². The number of ether oxygens (including phenoxy) is 1. The minimum atomic E-state index is -0.457. The van der Waals surface area contributed by atoms with Gasteiger partial charge in [0, 0.05) is 5.56 Å². The summed E-state index contributed by atoms with van der Waals surface area (Å²) in [5, 5.41) is 2.77. The molecule has 3 aromatic rings. The summed E-state index contributed by atoms with van der Waals surface area (Å²) in [5.41, 5.74) is 1.69. The highest BCUT2D eigenvalue weighted by Crippen LogP contribution is 2.33. The summed E-state index contributed by atoms with van der Waals surface area (Å²) in [4.78, 5) is 39.8. The van der Waals surface area contributed by atoms with Crippen molar-refractivity contribution >= 4 is 29.1 Å². The Morgan fingerprint density at radius 3 is 2.35 bits per heavy atom. The molecule has 0 radical (unpaired) electrons. The van der Waals surface area contributed by atoms with E-state index >= 15 is 0 Å². The molecule has 0 unspecified atom stereocenters. The lowest BCUT2D eigenvalue weighted by atomic mass is 10.1. The highest BCUT2D eigenvalue weighted by Gasteiger charge is 2.38. The topological polar surface area (TPSA) is 75.7 Å². The van der Waals surface area contributed by atoms with Gasteiger partial charge in [-0.05, 0) is 55.0 Å². The molecule has 31 heavy (non-hydrogen) atoms. The molecule has 156 valence electrons. The standard InChI is InChI=1S/C25H22N2O4/c1-2-3-16-31-19-14-12-17(13-15-19)23(28)26-21-11-7-10-20-22(21)25(30)27(24(20)29)18-8-5-4-6-9-18/h4-15H,2-3,16H2,1H3,(H,26,28). The van der Waals surface area contributed by atoms with E-state index in [0.29, 0.717) is 29.3 Å². The number of rotatable bonds is 7. The monoisotopic (exact) mass is 414 g/mol. The Hall–Kier alpha value is -3.93. The van der Waals surface area contributed by atoms with Crippen LogP contribution in [0.15, 0.2) is 72.8 Å². The molecule has 0 aliphatic carbocycles. The molecule has 0 atom stereocenters. The molecule has 0 fully saturated rings. The third-order valence-electron chi connectivity index (χ3n) is 5.06. The van der Waals surface area contributed by atoms with Crippen molar-refractivity contribution in [1.82, 2.24) is 0 Å². The lowest BCUT2D eigenvalue weighted by Gasteiger charge is -2.13. The molecule has 1 N–H and O–H groups in total. The number of hydrogen-bond acceptors (Lipinski definition) is 4. The van der Waals surface area contributed by atoms with E-state index in [1.54, 1.807) is 66.7 Å². The van der Waals surface area contributed by atoms with Gasteiger partial charge in [0.25, 0.3) is 17.7 Å². The number of benzene rings is 3. The van der Waals surface area contributed by atoms with Crippen LogP contribution in [0, 0.1) is 0 Å². The van der Waals surface area contributed by atoms with Gasteiger partial charge in [0.05, 0.1) is 29.1 Å². The minimum Gasteiger partial charge on any atom is -0.494 e. The van der Waals surface area contributed by atoms with E-state index in [1.165, 1.54) is 0 Å². The summed E-state index contributed by atoms with van der Waals surface area (Å²) in [6.07, 6.45) is 2.01. The summed E-state index contributed by atoms with van der Waals surface area (Å²) in [7, 11) is 0. The highest BCUT2D eigenvalue weighted by atomic mass is 16.5. The fourth-order valence-corrected chi connectivity index (χ4v) is 3.43. The normalized spacial score (nSPS) is 12.6. The van der Waals surface area contributed by atoms with Gasteiger partial charge in [0.2, 0.25) is 0 Å². The number of para-hydroxylation sites is 1. The zero-order chi connectivity index (χ0) is 21.8. The zero-order valence-corrected chi connectivity index (χ0v) is 17.1. The van der Waals surface area contributed by atoms with E-state index in [2.05, 4.69) is 12.2 Å². The Labute approximate surface area is 180 Å². The van der Waals surface area contributed by atoms with Crippen LogP contribution < -0.4 is 15.0 Å². The van der Waals surface area contributed by atoms with E-state index in [0.717, 1.165) is 17.7 Å². The second kappa shape index (κ2) is 8.83. The van der Waals surface area contributed by atoms with Gasteiger partial charge in [-0.3, -0.25) is 14.4 Å². The molecule has 0 saturated carbocycles. The lowest BCUT2D eigenvalue weighted by Crippen LogP contribution is -2.29. The fourth-order valence-electron chi connectivity index (χ4n) is 3.43. The number of unbranched alkanes of at least 4 members (excludes halogenated alkanes) is 1. The number of carbonyl (C=O) groups excluding carboxylic acids is 3. The number of nitrogens with one attached hydrogen (secondary N) is 1. The number of nitrogens with zero attached hydrogens (tertiary/aromatic N) is 1. The fraction of sp³-hybridized carbons (Fsp3) is 0.160. The Morgan fingerprint density at radius 2 is 1.65 bits per heavy atom. The molecule has 6 nitrogen and oxygen atoms in total. The maximum Gasteiger partial charge on any atom is 0.268 e. The summed E-state index contributed by atoms with van der Waals surface area (Å²) >= 11 is 0. The molecular weight excluding hydrogens is 392 g/mol. The van der Waals surface area contributed by atoms with Gasteiger partial charge < -0.3 is 10.1 Å². The van der Waals surface area contributed by atoms with Crippen molar-refractivity contribution in [3.8, 4) is 5.75 Å². The van der Waals surface area contributed by atoms with E-state index in [1.807, 2.05) is 6.07 Å². The molecule has 0 aromatic heterocycles. The predicted molar refractivity (Wildman–Crippen MR) is 119 cm³/mol. The molecule has 0 spiro atoms. The van der Waals surface area contributed by atoms with Crippen molar-refractivity contribution in [1.29, 1.82) is 0 Å². The van der Waals surface area contributed by atoms with Gasteiger partial charge >= 0.3 is 0 Å². The molecule has 6 heteroatoms. The summed E-state index contributed by atoms with van der Waals surface area (Å²) < 4.78 is 5.62. The minimum absolute atomic E-state index is 0.198. The van der Waals surface area contributed by atoms with Gasteiger partial charge in [-0.15, -0.1) is 0 Å². The smallest absolute Gasteiger partial charge is 0.268 e. The predicted octanol–water partition coefficient (Wildman–Crippen LogP) is 4.92. The first-order valence-corrected chi connectivity index (χ1v) is 10.2. The van der Waals surface area contributed by atoms with Gasteiger partial charge in [0.1, 0.15) is 5.75 Å². The Morgan fingerprint density at radius 1 is 0.903 bits per heavy atom. The van der Waals surface area contributed by atoms with Crippen molar-refractivity contribution in [3.05, 3.63) is 89.5 Å². The number of fused-ring (bicyclic) bond motifs is 1. The van der Waals surface area contributed by atoms with Crippen LogP contribution in [0.3, 0.4) is 0 Å². The van der Waals surface area contributed by atoms with Gasteiger partial charge in [-0.25, -0.2) is 4.90 Å². The molecule has 3 aromatic carbocycles. The quantitative estimate of drug-likeness (QED) is 0.440. The molecule has 1 aliphatic rings. The second-order valence-corrected chi connectivity index (χ2v) is 7.19. The maximum absolute atomic E-state index is 13.1. The van der Waals surface area contributed by atoms with E-state index in [-0.39, 0.29) is 17.0 Å². The highest BCUT2D eigenvalue weighted by molar-refractivity contribution is 6.36. The average Bonchev–Trinajstić information content (AvgIpc) is 3.06. The lowest BCUT2D eigenvalue weighted by molar-refractivity contribution is 0.0926. The number of imide groups is 1. The number of amides is 3. The summed E-state index contributed by atoms with van der Waals surface area (Å²) in [6, 6.07) is 20.4. The van der Waals surface area contributed by atoms with Crippen molar-refractivity contribution in [3.63, 3.8) is 0 Å². The van der Waals surface area contributed by atoms with E-state index < -0.39 is 11.8 Å². The first-order valence-electron chi connectivity index (χ1n) is 10.2. The van der Waals surface area contributed by atoms with Gasteiger partial charge in [-0.1, -0.05) is 37.6 Å². The average molecular weight is 414 g/mol. The van der Waals surface area contributed by atoms with E-state index in [9.17, 15) is 14.4 Å². The van der Waals surface area contributed by atoms with Crippen LogP contribution >= 0.6 is 0 Å². The van der Waals surface area contributed by atoms with Crippen molar-refractivity contribution in [2.45, 2.75) is 19.8 Å². The van der Waals surface area contributed by atoms with Crippen molar-refractivity contribution in [2.75, 3.05) is 16.8 Å². The molecule has 0 saturated heterocycles.